The molecule has 0 amide bonds. The van der Waals surface area contributed by atoms with Crippen molar-refractivity contribution in [1.82, 2.24) is 0 Å². The maximum absolute atomic E-state index is 10.7. The van der Waals surface area contributed by atoms with E-state index in [0.29, 0.717) is 0 Å². The molecule has 66 valence electrons. The van der Waals surface area contributed by atoms with Crippen LogP contribution in [0, 0.1) is 0 Å². The minimum absolute atomic E-state index is 0.0311. The second-order valence-corrected chi connectivity index (χ2v) is 2.81. The van der Waals surface area contributed by atoms with Crippen molar-refractivity contribution >= 4 is 17.6 Å². The number of hydrogen-bond donors (Lipinski definition) is 1. The zero-order chi connectivity index (χ0) is 9.14. The van der Waals surface area contributed by atoms with Gasteiger partial charge < -0.3 is 9.84 Å². The monoisotopic (exact) mass is 188 g/mol. The molecule has 0 aliphatic carbocycles. The number of hydrogen-bond acceptors (Lipinski definition) is 3. The van der Waals surface area contributed by atoms with Crippen molar-refractivity contribution in [3.8, 4) is 0 Å². The summed E-state index contributed by atoms with van der Waals surface area (Å²) < 4.78 is 4.72. The maximum atomic E-state index is 10.7. The number of carbonyl (C=O) groups is 1. The molecule has 0 saturated carbocycles. The highest BCUT2D eigenvalue weighted by molar-refractivity contribution is 6.41. The van der Waals surface area contributed by atoms with E-state index in [1.54, 1.807) is 13.0 Å². The second kappa shape index (κ2) is 3.74. The van der Waals surface area contributed by atoms with Gasteiger partial charge in [0.25, 0.3) is 0 Å². The average molecular weight is 189 g/mol. The third-order valence-corrected chi connectivity index (χ3v) is 1.76. The van der Waals surface area contributed by atoms with Crippen LogP contribution in [0.3, 0.4) is 0 Å². The smallest absolute Gasteiger partial charge is 0.350 e. The molecule has 0 saturated heterocycles. The molecule has 3 nitrogen and oxygen atoms in total. The van der Waals surface area contributed by atoms with Gasteiger partial charge in [0, 0.05) is 0 Å². The zero-order valence-electron chi connectivity index (χ0n) is 6.53. The first-order valence-electron chi connectivity index (χ1n) is 3.54. The van der Waals surface area contributed by atoms with Gasteiger partial charge in [-0.25, -0.2) is 4.79 Å². The number of ether oxygens (including phenoxy) is 1. The third-order valence-electron chi connectivity index (χ3n) is 1.47. The molecule has 12 heavy (non-hydrogen) atoms. The second-order valence-electron chi connectivity index (χ2n) is 2.40. The Bertz CT molecular complexity index is 245. The molecule has 1 aliphatic heterocycles. The Labute approximate surface area is 75.3 Å². The number of rotatable bonds is 2. The molecule has 0 radical (unpaired) electrons. The number of halogens is 1. The highest BCUT2D eigenvalue weighted by Gasteiger charge is 2.28. The molecule has 0 fully saturated rings. The Morgan fingerprint density at radius 1 is 1.83 bits per heavy atom. The summed E-state index contributed by atoms with van der Waals surface area (Å²) in [5.41, 5.74) is 0. The first-order chi connectivity index (χ1) is 5.65. The summed E-state index contributed by atoms with van der Waals surface area (Å²) in [4.78, 5) is 10.7. The van der Waals surface area contributed by atoms with E-state index in [4.69, 9.17) is 16.3 Å². The molecule has 4 heteroatoms. The lowest BCUT2D eigenvalue weighted by molar-refractivity contribution is -0.141. The van der Waals surface area contributed by atoms with Crippen LogP contribution < -0.4 is 0 Å². The van der Waals surface area contributed by atoms with Gasteiger partial charge in [-0.1, -0.05) is 23.8 Å². The van der Waals surface area contributed by atoms with Crippen molar-refractivity contribution in [2.24, 2.45) is 0 Å². The van der Waals surface area contributed by atoms with Crippen LogP contribution in [0.1, 0.15) is 6.92 Å². The molecular formula is C8H9ClO3. The van der Waals surface area contributed by atoms with Crippen molar-refractivity contribution in [2.45, 2.75) is 19.1 Å². The van der Waals surface area contributed by atoms with E-state index in [-0.39, 0.29) is 5.03 Å². The lowest BCUT2D eigenvalue weighted by Crippen LogP contribution is -2.23. The van der Waals surface area contributed by atoms with Gasteiger partial charge in [0.05, 0.1) is 0 Å². The summed E-state index contributed by atoms with van der Waals surface area (Å²) in [7, 11) is 0. The lowest BCUT2D eigenvalue weighted by Gasteiger charge is -2.11. The molecular weight excluding hydrogens is 180 g/mol. The zero-order valence-corrected chi connectivity index (χ0v) is 7.28. The quantitative estimate of drug-likeness (QED) is 0.519. The van der Waals surface area contributed by atoms with Crippen LogP contribution in [0.15, 0.2) is 23.3 Å². The summed E-state index contributed by atoms with van der Waals surface area (Å²) in [6, 6.07) is 0. The van der Waals surface area contributed by atoms with Crippen molar-refractivity contribution < 1.29 is 14.6 Å². The molecule has 0 aromatic carbocycles. The third kappa shape index (κ3) is 1.87. The minimum atomic E-state index is -0.810. The summed E-state index contributed by atoms with van der Waals surface area (Å²) in [6.07, 6.45) is 3.16. The van der Waals surface area contributed by atoms with Gasteiger partial charge in [0.15, 0.2) is 6.10 Å². The first kappa shape index (κ1) is 9.29. The number of esters is 1. The van der Waals surface area contributed by atoms with Crippen LogP contribution in [0.25, 0.3) is 0 Å². The van der Waals surface area contributed by atoms with Gasteiger partial charge in [0.1, 0.15) is 11.1 Å². The fourth-order valence-electron chi connectivity index (χ4n) is 0.901. The predicted octanol–water partition coefficient (Wildman–Crippen LogP) is 0.971. The number of aliphatic hydroxyl groups excluding tert-OH is 1. The maximum Gasteiger partial charge on any atom is 0.350 e. The highest BCUT2D eigenvalue weighted by atomic mass is 35.5. The van der Waals surface area contributed by atoms with E-state index in [9.17, 15) is 9.90 Å². The average Bonchev–Trinajstić information content (AvgIpc) is 2.33. The molecule has 0 spiro atoms. The van der Waals surface area contributed by atoms with E-state index >= 15 is 0 Å². The molecule has 1 rings (SSSR count). The number of aliphatic hydroxyl groups is 1. The van der Waals surface area contributed by atoms with Crippen LogP contribution in [0.4, 0.5) is 0 Å². The number of cyclic esters (lactones) is 1. The fraction of sp³-hybridized carbons (Fsp3) is 0.375. The molecule has 0 aromatic heterocycles. The van der Waals surface area contributed by atoms with Gasteiger partial charge >= 0.3 is 5.97 Å². The lowest BCUT2D eigenvalue weighted by atomic mass is 10.2. The van der Waals surface area contributed by atoms with Crippen LogP contribution in [-0.4, -0.2) is 23.3 Å². The minimum Gasteiger partial charge on any atom is -0.451 e. The topological polar surface area (TPSA) is 46.5 Å². The molecule has 0 bridgehead atoms. The van der Waals surface area contributed by atoms with Crippen LogP contribution in [0.2, 0.25) is 0 Å². The number of carbonyl (C=O) groups excluding carboxylic acids is 1. The summed E-state index contributed by atoms with van der Waals surface area (Å²) in [5, 5.41) is 9.35. The SMILES string of the molecule is C/C=C/[C@@H](O)[C@@H]1C=C(Cl)C(=O)O1. The Hall–Kier alpha value is -0.800. The molecule has 2 atom stereocenters. The van der Waals surface area contributed by atoms with Gasteiger partial charge in [-0.2, -0.15) is 0 Å². The van der Waals surface area contributed by atoms with E-state index < -0.39 is 18.2 Å². The van der Waals surface area contributed by atoms with E-state index in [1.165, 1.54) is 12.2 Å². The van der Waals surface area contributed by atoms with Crippen molar-refractivity contribution in [2.75, 3.05) is 0 Å². The van der Waals surface area contributed by atoms with Gasteiger partial charge in [-0.15, -0.1) is 0 Å². The van der Waals surface area contributed by atoms with E-state index in [2.05, 4.69) is 0 Å². The van der Waals surface area contributed by atoms with E-state index in [1.807, 2.05) is 0 Å². The Morgan fingerprint density at radius 2 is 2.50 bits per heavy atom. The predicted molar refractivity (Wildman–Crippen MR) is 44.6 cm³/mol. The standard InChI is InChI=1S/C8H9ClO3/c1-2-3-6(10)7-4-5(9)8(11)12-7/h2-4,6-7,10H,1H3/b3-2+/t6-,7+/m1/s1. The molecule has 1 heterocycles. The normalized spacial score (nSPS) is 25.8. The van der Waals surface area contributed by atoms with Gasteiger partial charge in [-0.05, 0) is 13.0 Å². The van der Waals surface area contributed by atoms with Gasteiger partial charge in [0.2, 0.25) is 0 Å². The van der Waals surface area contributed by atoms with E-state index in [0.717, 1.165) is 0 Å². The Kier molecular flexibility index (Phi) is 2.89. The molecule has 1 aliphatic rings. The summed E-state index contributed by atoms with van der Waals surface area (Å²) in [5.74, 6) is -0.579. The largest absolute Gasteiger partial charge is 0.451 e. The molecule has 1 N–H and O–H groups in total. The van der Waals surface area contributed by atoms with Crippen molar-refractivity contribution in [1.29, 1.82) is 0 Å². The fourth-order valence-corrected chi connectivity index (χ4v) is 1.07. The highest BCUT2D eigenvalue weighted by Crippen LogP contribution is 2.19. The van der Waals surface area contributed by atoms with Crippen LogP contribution in [0.5, 0.6) is 0 Å². The van der Waals surface area contributed by atoms with Crippen LogP contribution in [-0.2, 0) is 9.53 Å². The Balaban J connectivity index is 2.63. The number of allylic oxidation sites excluding steroid dienone is 1. The summed E-state index contributed by atoms with van der Waals surface area (Å²) in [6.45, 7) is 1.77. The van der Waals surface area contributed by atoms with Crippen molar-refractivity contribution in [3.63, 3.8) is 0 Å². The summed E-state index contributed by atoms with van der Waals surface area (Å²) >= 11 is 5.45. The molecule has 0 unspecified atom stereocenters. The van der Waals surface area contributed by atoms with Gasteiger partial charge in [-0.3, -0.25) is 0 Å². The Morgan fingerprint density at radius 3 is 2.92 bits per heavy atom. The first-order valence-corrected chi connectivity index (χ1v) is 3.92. The van der Waals surface area contributed by atoms with Crippen LogP contribution >= 0.6 is 11.6 Å². The molecule has 0 aromatic rings. The van der Waals surface area contributed by atoms with Crippen molar-refractivity contribution in [3.05, 3.63) is 23.3 Å².